The molecule has 2 amide bonds. The van der Waals surface area contributed by atoms with Crippen molar-refractivity contribution < 1.29 is 13.6 Å². The molecule has 2 N–H and O–H groups in total. The number of hydrogen-bond donors (Lipinski definition) is 2. The van der Waals surface area contributed by atoms with Gasteiger partial charge in [-0.3, -0.25) is 0 Å². The monoisotopic (exact) mass is 294 g/mol. The zero-order valence-corrected chi connectivity index (χ0v) is 12.0. The predicted molar refractivity (Wildman–Crippen MR) is 76.9 cm³/mol. The van der Waals surface area contributed by atoms with Crippen molar-refractivity contribution in [2.45, 2.75) is 38.6 Å². The molecule has 21 heavy (non-hydrogen) atoms. The second-order valence-corrected chi connectivity index (χ2v) is 6.35. The maximum absolute atomic E-state index is 13.5. The molecule has 0 aromatic heterocycles. The van der Waals surface area contributed by atoms with Crippen LogP contribution >= 0.6 is 0 Å². The van der Waals surface area contributed by atoms with E-state index in [2.05, 4.69) is 10.6 Å². The van der Waals surface area contributed by atoms with Crippen molar-refractivity contribution in [2.24, 2.45) is 17.8 Å². The standard InChI is InChI=1S/C16H20F2N2O/c1-9(13-7-10-2-3-11(13)6-10)19-16(21)20-15-5-4-12(17)8-14(15)18/h4-5,8-11,13H,2-3,6-7H2,1H3,(H2,19,20,21)/t9-,10-,11-,13+/m0/s1. The summed E-state index contributed by atoms with van der Waals surface area (Å²) in [5, 5.41) is 5.33. The highest BCUT2D eigenvalue weighted by Crippen LogP contribution is 2.49. The van der Waals surface area contributed by atoms with Crippen molar-refractivity contribution in [3.05, 3.63) is 29.8 Å². The van der Waals surface area contributed by atoms with Gasteiger partial charge in [-0.05, 0) is 56.1 Å². The lowest BCUT2D eigenvalue weighted by atomic mass is 9.84. The van der Waals surface area contributed by atoms with Gasteiger partial charge in [0.15, 0.2) is 0 Å². The summed E-state index contributed by atoms with van der Waals surface area (Å²) in [4.78, 5) is 11.9. The molecule has 1 aromatic rings. The van der Waals surface area contributed by atoms with E-state index in [1.54, 1.807) is 0 Å². The molecule has 2 aliphatic carbocycles. The predicted octanol–water partition coefficient (Wildman–Crippen LogP) is 3.91. The summed E-state index contributed by atoms with van der Waals surface area (Å²) in [6.07, 6.45) is 5.04. The summed E-state index contributed by atoms with van der Waals surface area (Å²) in [6, 6.07) is 2.75. The summed E-state index contributed by atoms with van der Waals surface area (Å²) in [6.45, 7) is 2.01. The van der Waals surface area contributed by atoms with Crippen molar-refractivity contribution in [3.63, 3.8) is 0 Å². The smallest absolute Gasteiger partial charge is 0.319 e. The minimum Gasteiger partial charge on any atom is -0.335 e. The second-order valence-electron chi connectivity index (χ2n) is 6.35. The topological polar surface area (TPSA) is 41.1 Å². The lowest BCUT2D eigenvalue weighted by Gasteiger charge is -2.28. The molecule has 1 aromatic carbocycles. The van der Waals surface area contributed by atoms with Crippen molar-refractivity contribution >= 4 is 11.7 Å². The molecule has 3 nitrogen and oxygen atoms in total. The molecule has 3 rings (SSSR count). The maximum Gasteiger partial charge on any atom is 0.319 e. The van der Waals surface area contributed by atoms with Crippen LogP contribution in [0, 0.1) is 29.4 Å². The molecule has 0 unspecified atom stereocenters. The summed E-state index contributed by atoms with van der Waals surface area (Å²) < 4.78 is 26.3. The molecule has 2 fully saturated rings. The van der Waals surface area contributed by atoms with Crippen molar-refractivity contribution in [2.75, 3.05) is 5.32 Å². The van der Waals surface area contributed by atoms with Gasteiger partial charge >= 0.3 is 6.03 Å². The Balaban J connectivity index is 1.56. The average molecular weight is 294 g/mol. The van der Waals surface area contributed by atoms with E-state index in [0.717, 1.165) is 18.1 Å². The van der Waals surface area contributed by atoms with Crippen molar-refractivity contribution in [1.82, 2.24) is 5.32 Å². The molecule has 2 saturated carbocycles. The number of halogens is 2. The minimum atomic E-state index is -0.766. The highest BCUT2D eigenvalue weighted by molar-refractivity contribution is 5.89. The van der Waals surface area contributed by atoms with Gasteiger partial charge in [-0.25, -0.2) is 13.6 Å². The fourth-order valence-electron chi connectivity index (χ4n) is 3.97. The van der Waals surface area contributed by atoms with E-state index in [1.807, 2.05) is 6.92 Å². The Kier molecular flexibility index (Phi) is 3.83. The molecule has 0 saturated heterocycles. The zero-order valence-electron chi connectivity index (χ0n) is 12.0. The number of anilines is 1. The quantitative estimate of drug-likeness (QED) is 0.872. The van der Waals surface area contributed by atoms with Crippen molar-refractivity contribution in [3.8, 4) is 0 Å². The second kappa shape index (κ2) is 5.62. The van der Waals surface area contributed by atoms with Crippen LogP contribution in [0.1, 0.15) is 32.6 Å². The van der Waals surface area contributed by atoms with Gasteiger partial charge in [-0.1, -0.05) is 6.42 Å². The van der Waals surface area contributed by atoms with E-state index in [4.69, 9.17) is 0 Å². The normalized spacial score (nSPS) is 28.4. The van der Waals surface area contributed by atoms with Gasteiger partial charge in [0.2, 0.25) is 0 Å². The van der Waals surface area contributed by atoms with E-state index >= 15 is 0 Å². The summed E-state index contributed by atoms with van der Waals surface area (Å²) in [7, 11) is 0. The zero-order chi connectivity index (χ0) is 15.0. The van der Waals surface area contributed by atoms with E-state index in [-0.39, 0.29) is 11.7 Å². The molecule has 0 spiro atoms. The number of nitrogens with one attached hydrogen (secondary N) is 2. The molecule has 114 valence electrons. The van der Waals surface area contributed by atoms with Gasteiger partial charge in [0, 0.05) is 12.1 Å². The molecule has 4 atom stereocenters. The lowest BCUT2D eigenvalue weighted by molar-refractivity contribution is 0.230. The number of fused-ring (bicyclic) bond motifs is 2. The third kappa shape index (κ3) is 3.01. The number of urea groups is 1. The molecule has 2 bridgehead atoms. The minimum absolute atomic E-state index is 0.00552. The van der Waals surface area contributed by atoms with Crippen LogP contribution in [0.5, 0.6) is 0 Å². The Morgan fingerprint density at radius 1 is 1.29 bits per heavy atom. The van der Waals surface area contributed by atoms with Gasteiger partial charge in [-0.15, -0.1) is 0 Å². The van der Waals surface area contributed by atoms with Gasteiger partial charge < -0.3 is 10.6 Å². The van der Waals surface area contributed by atoms with Crippen LogP contribution in [0.4, 0.5) is 19.3 Å². The van der Waals surface area contributed by atoms with Gasteiger partial charge in [0.1, 0.15) is 11.6 Å². The molecule has 2 aliphatic rings. The molecule has 0 aliphatic heterocycles. The van der Waals surface area contributed by atoms with Crippen LogP contribution in [-0.2, 0) is 0 Å². The maximum atomic E-state index is 13.5. The Hall–Kier alpha value is -1.65. The van der Waals surface area contributed by atoms with Crippen LogP contribution in [0.15, 0.2) is 18.2 Å². The molecule has 0 radical (unpaired) electrons. The van der Waals surface area contributed by atoms with Crippen molar-refractivity contribution in [1.29, 1.82) is 0 Å². The molecular weight excluding hydrogens is 274 g/mol. The fourth-order valence-corrected chi connectivity index (χ4v) is 3.97. The third-order valence-corrected chi connectivity index (χ3v) is 4.97. The van der Waals surface area contributed by atoms with E-state index in [0.29, 0.717) is 11.8 Å². The fraction of sp³-hybridized carbons (Fsp3) is 0.562. The van der Waals surface area contributed by atoms with Crippen LogP contribution < -0.4 is 10.6 Å². The lowest BCUT2D eigenvalue weighted by Crippen LogP contribution is -2.42. The molecule has 5 heteroatoms. The number of benzene rings is 1. The average Bonchev–Trinajstić information content (AvgIpc) is 3.04. The number of carbonyl (C=O) groups excluding carboxylic acids is 1. The van der Waals surface area contributed by atoms with Gasteiger partial charge in [0.05, 0.1) is 5.69 Å². The largest absolute Gasteiger partial charge is 0.335 e. The first-order valence-electron chi connectivity index (χ1n) is 7.55. The highest BCUT2D eigenvalue weighted by Gasteiger charge is 2.42. The number of amides is 2. The summed E-state index contributed by atoms with van der Waals surface area (Å²) in [5.74, 6) is 0.633. The van der Waals surface area contributed by atoms with E-state index in [9.17, 15) is 13.6 Å². The Bertz CT molecular complexity index is 549. The SMILES string of the molecule is C[C@H](NC(=O)Nc1ccc(F)cc1F)[C@H]1C[C@H]2CC[C@H]1C2. The first-order chi connectivity index (χ1) is 10.0. The molecule has 0 heterocycles. The highest BCUT2D eigenvalue weighted by atomic mass is 19.1. The Labute approximate surface area is 123 Å². The molecular formula is C16H20F2N2O. The number of carbonyl (C=O) groups is 1. The van der Waals surface area contributed by atoms with E-state index < -0.39 is 17.7 Å². The third-order valence-electron chi connectivity index (χ3n) is 4.97. The van der Waals surface area contributed by atoms with E-state index in [1.165, 1.54) is 31.7 Å². The summed E-state index contributed by atoms with van der Waals surface area (Å²) in [5.41, 5.74) is -0.00552. The Morgan fingerprint density at radius 2 is 2.10 bits per heavy atom. The number of rotatable bonds is 3. The van der Waals surface area contributed by atoms with Gasteiger partial charge in [0.25, 0.3) is 0 Å². The van der Waals surface area contributed by atoms with Crippen LogP contribution in [0.25, 0.3) is 0 Å². The number of hydrogen-bond acceptors (Lipinski definition) is 1. The summed E-state index contributed by atoms with van der Waals surface area (Å²) >= 11 is 0. The van der Waals surface area contributed by atoms with Crippen LogP contribution in [0.3, 0.4) is 0 Å². The van der Waals surface area contributed by atoms with Gasteiger partial charge in [-0.2, -0.15) is 0 Å². The first kappa shape index (κ1) is 14.3. The van der Waals surface area contributed by atoms with Crippen LogP contribution in [-0.4, -0.2) is 12.1 Å². The van der Waals surface area contributed by atoms with Crippen LogP contribution in [0.2, 0.25) is 0 Å². The Morgan fingerprint density at radius 3 is 2.71 bits per heavy atom. The first-order valence-corrected chi connectivity index (χ1v) is 7.55.